The molecule has 2 aromatic carbocycles. The highest BCUT2D eigenvalue weighted by Gasteiger charge is 2.21. The van der Waals surface area contributed by atoms with Gasteiger partial charge in [0.25, 0.3) is 5.91 Å². The van der Waals surface area contributed by atoms with E-state index < -0.39 is 10.0 Å². The van der Waals surface area contributed by atoms with Crippen LogP contribution in [0.4, 0.5) is 5.69 Å². The van der Waals surface area contributed by atoms with E-state index in [9.17, 15) is 13.2 Å². The van der Waals surface area contributed by atoms with E-state index >= 15 is 0 Å². The molecule has 1 amide bonds. The van der Waals surface area contributed by atoms with Crippen LogP contribution in [0.2, 0.25) is 0 Å². The average molecular weight is 433 g/mol. The largest absolute Gasteiger partial charge is 0.332 e. The first-order valence-electron chi connectivity index (χ1n) is 10.3. The number of benzene rings is 2. The number of carbonyl (C=O) groups excluding carboxylic acids is 1. The van der Waals surface area contributed by atoms with Crippen LogP contribution in [0.25, 0.3) is 0 Å². The van der Waals surface area contributed by atoms with E-state index in [4.69, 9.17) is 0 Å². The lowest BCUT2D eigenvalue weighted by molar-refractivity contribution is -0.692. The molecule has 0 saturated heterocycles. The molecule has 6 nitrogen and oxygen atoms in total. The van der Waals surface area contributed by atoms with E-state index in [-0.39, 0.29) is 23.4 Å². The number of rotatable bonds is 9. The standard InChI is InChI=1S/C23H33N3O3S/c1-16(2)18-7-9-19(10-8-18)23(17(3)4)24-15-22(27)25-20-11-13-21(14-12-20)30(28,29)26(5)6/h7-14,16-17,23-24H,15H2,1-6H3,(H,25,27)/p+1/t23-/m0/s1. The number of amides is 1. The first kappa shape index (κ1) is 24.1. The Morgan fingerprint density at radius 1 is 0.933 bits per heavy atom. The van der Waals surface area contributed by atoms with Gasteiger partial charge in [0.1, 0.15) is 6.04 Å². The highest BCUT2D eigenvalue weighted by Crippen LogP contribution is 2.21. The number of anilines is 1. The van der Waals surface area contributed by atoms with Gasteiger partial charge in [-0.1, -0.05) is 52.0 Å². The fraction of sp³-hybridized carbons (Fsp3) is 0.435. The highest BCUT2D eigenvalue weighted by atomic mass is 32.2. The van der Waals surface area contributed by atoms with Gasteiger partial charge in [-0.25, -0.2) is 12.7 Å². The van der Waals surface area contributed by atoms with Crippen molar-refractivity contribution in [3.05, 3.63) is 59.7 Å². The van der Waals surface area contributed by atoms with Crippen LogP contribution < -0.4 is 10.6 Å². The number of nitrogens with one attached hydrogen (secondary N) is 1. The minimum Gasteiger partial charge on any atom is -0.332 e. The molecule has 0 aliphatic rings. The zero-order valence-electron chi connectivity index (χ0n) is 18.7. The Bertz CT molecular complexity index is 935. The molecule has 164 valence electrons. The molecule has 0 unspecified atom stereocenters. The van der Waals surface area contributed by atoms with E-state index in [0.29, 0.717) is 17.5 Å². The summed E-state index contributed by atoms with van der Waals surface area (Å²) in [4.78, 5) is 12.6. The fourth-order valence-corrected chi connectivity index (χ4v) is 4.17. The topological polar surface area (TPSA) is 83.1 Å². The molecule has 0 fully saturated rings. The van der Waals surface area contributed by atoms with Crippen LogP contribution >= 0.6 is 0 Å². The molecule has 30 heavy (non-hydrogen) atoms. The molecule has 0 saturated carbocycles. The molecule has 0 bridgehead atoms. The number of nitrogens with two attached hydrogens (primary N) is 1. The Morgan fingerprint density at radius 3 is 1.93 bits per heavy atom. The summed E-state index contributed by atoms with van der Waals surface area (Å²) in [7, 11) is -0.501. The van der Waals surface area contributed by atoms with Gasteiger partial charge >= 0.3 is 0 Å². The lowest BCUT2D eigenvalue weighted by Gasteiger charge is -2.20. The maximum Gasteiger partial charge on any atom is 0.279 e. The third kappa shape index (κ3) is 6.14. The summed E-state index contributed by atoms with van der Waals surface area (Å²) in [6, 6.07) is 15.0. The van der Waals surface area contributed by atoms with E-state index in [1.165, 1.54) is 37.4 Å². The highest BCUT2D eigenvalue weighted by molar-refractivity contribution is 7.89. The van der Waals surface area contributed by atoms with Gasteiger partial charge in [-0.2, -0.15) is 0 Å². The SMILES string of the molecule is CC(C)c1ccc([C@@H]([NH2+]CC(=O)Nc2ccc(S(=O)(=O)N(C)C)cc2)C(C)C)cc1. The third-order valence-corrected chi connectivity index (χ3v) is 7.01. The predicted molar refractivity (Wildman–Crippen MR) is 121 cm³/mol. The van der Waals surface area contributed by atoms with Crippen molar-refractivity contribution in [2.75, 3.05) is 26.0 Å². The van der Waals surface area contributed by atoms with Gasteiger partial charge in [-0.15, -0.1) is 0 Å². The molecule has 0 aromatic heterocycles. The summed E-state index contributed by atoms with van der Waals surface area (Å²) in [6.45, 7) is 8.94. The van der Waals surface area contributed by atoms with Crippen molar-refractivity contribution < 1.29 is 18.5 Å². The molecule has 0 heterocycles. The van der Waals surface area contributed by atoms with E-state index in [1.807, 2.05) is 0 Å². The van der Waals surface area contributed by atoms with Crippen molar-refractivity contribution in [3.8, 4) is 0 Å². The van der Waals surface area contributed by atoms with Crippen LogP contribution in [0.3, 0.4) is 0 Å². The van der Waals surface area contributed by atoms with Crippen LogP contribution in [0.1, 0.15) is 50.8 Å². The predicted octanol–water partition coefficient (Wildman–Crippen LogP) is 2.96. The van der Waals surface area contributed by atoms with Crippen molar-refractivity contribution in [3.63, 3.8) is 0 Å². The third-order valence-electron chi connectivity index (χ3n) is 5.18. The summed E-state index contributed by atoms with van der Waals surface area (Å²) in [5, 5.41) is 4.89. The van der Waals surface area contributed by atoms with Gasteiger partial charge in [0.2, 0.25) is 10.0 Å². The molecule has 1 atom stereocenters. The molecule has 7 heteroatoms. The Balaban J connectivity index is 1.99. The molecule has 0 aliphatic carbocycles. The number of quaternary nitrogens is 1. The molecular weight excluding hydrogens is 398 g/mol. The van der Waals surface area contributed by atoms with Crippen LogP contribution in [0.15, 0.2) is 53.4 Å². The molecule has 3 N–H and O–H groups in total. The zero-order valence-corrected chi connectivity index (χ0v) is 19.5. The van der Waals surface area contributed by atoms with Crippen molar-refractivity contribution in [2.45, 2.75) is 44.6 Å². The van der Waals surface area contributed by atoms with Gasteiger partial charge in [-0.05, 0) is 35.7 Å². The van der Waals surface area contributed by atoms with Crippen LogP contribution in [0.5, 0.6) is 0 Å². The van der Waals surface area contributed by atoms with Gasteiger partial charge in [0.15, 0.2) is 6.54 Å². The monoisotopic (exact) mass is 432 g/mol. The molecular formula is C23H34N3O3S+. The molecule has 0 spiro atoms. The second kappa shape index (κ2) is 10.2. The zero-order chi connectivity index (χ0) is 22.5. The Kier molecular flexibility index (Phi) is 8.18. The fourth-order valence-electron chi connectivity index (χ4n) is 3.26. The lowest BCUT2D eigenvalue weighted by Crippen LogP contribution is -2.88. The number of hydrogen-bond acceptors (Lipinski definition) is 3. The number of carbonyl (C=O) groups is 1. The summed E-state index contributed by atoms with van der Waals surface area (Å²) >= 11 is 0. The minimum absolute atomic E-state index is 0.123. The van der Waals surface area contributed by atoms with Gasteiger partial charge in [0.05, 0.1) is 4.90 Å². The molecule has 0 aliphatic heterocycles. The first-order valence-corrected chi connectivity index (χ1v) is 11.7. The Labute approximate surface area is 180 Å². The second-order valence-corrected chi connectivity index (χ2v) is 10.5. The van der Waals surface area contributed by atoms with Crippen LogP contribution in [-0.4, -0.2) is 39.3 Å². The maximum atomic E-state index is 12.4. The van der Waals surface area contributed by atoms with Gasteiger partial charge in [0, 0.05) is 31.3 Å². The average Bonchev–Trinajstić information content (AvgIpc) is 2.68. The maximum absolute atomic E-state index is 12.4. The Hall–Kier alpha value is -2.22. The number of hydrogen-bond donors (Lipinski definition) is 2. The molecule has 2 aromatic rings. The smallest absolute Gasteiger partial charge is 0.279 e. The lowest BCUT2D eigenvalue weighted by atomic mass is 9.93. The quantitative estimate of drug-likeness (QED) is 0.639. The number of nitrogens with zero attached hydrogens (tertiary/aromatic N) is 1. The minimum atomic E-state index is -3.48. The van der Waals surface area contributed by atoms with Crippen molar-refractivity contribution >= 4 is 21.6 Å². The van der Waals surface area contributed by atoms with E-state index in [2.05, 4.69) is 62.6 Å². The first-order chi connectivity index (χ1) is 14.0. The van der Waals surface area contributed by atoms with Gasteiger partial charge < -0.3 is 10.6 Å². The van der Waals surface area contributed by atoms with Crippen molar-refractivity contribution in [1.82, 2.24) is 4.31 Å². The summed E-state index contributed by atoms with van der Waals surface area (Å²) in [5.41, 5.74) is 3.09. The second-order valence-electron chi connectivity index (χ2n) is 8.39. The van der Waals surface area contributed by atoms with E-state index in [0.717, 1.165) is 4.31 Å². The molecule has 2 rings (SSSR count). The normalized spacial score (nSPS) is 13.1. The van der Waals surface area contributed by atoms with Crippen LogP contribution in [0, 0.1) is 5.92 Å². The Morgan fingerprint density at radius 2 is 1.47 bits per heavy atom. The summed E-state index contributed by atoms with van der Waals surface area (Å²) in [6.07, 6.45) is 0. The molecule has 0 radical (unpaired) electrons. The van der Waals surface area contributed by atoms with Crippen LogP contribution in [-0.2, 0) is 14.8 Å². The van der Waals surface area contributed by atoms with Gasteiger partial charge in [-0.3, -0.25) is 4.79 Å². The summed E-state index contributed by atoms with van der Waals surface area (Å²) in [5.74, 6) is 0.742. The van der Waals surface area contributed by atoms with E-state index in [1.54, 1.807) is 12.1 Å². The van der Waals surface area contributed by atoms with Crippen molar-refractivity contribution in [2.24, 2.45) is 5.92 Å². The summed E-state index contributed by atoms with van der Waals surface area (Å²) < 4.78 is 25.4. The number of sulfonamides is 1. The van der Waals surface area contributed by atoms with Crippen molar-refractivity contribution in [1.29, 1.82) is 0 Å².